The summed E-state index contributed by atoms with van der Waals surface area (Å²) in [6.45, 7) is 3.50. The molecule has 0 bridgehead atoms. The Labute approximate surface area is 187 Å². The molecule has 1 aromatic carbocycles. The molecule has 1 amide bonds. The summed E-state index contributed by atoms with van der Waals surface area (Å²) in [6.07, 6.45) is 6.75. The molecule has 0 unspecified atom stereocenters. The molecule has 3 aromatic rings. The number of carbonyl (C=O) groups is 1. The van der Waals surface area contributed by atoms with E-state index in [0.29, 0.717) is 48.0 Å². The predicted molar refractivity (Wildman–Crippen MR) is 121 cm³/mol. The standard InChI is InChI=1S/C23H25N5O3S/c1-17-20(16-25-28(17)22-7-3-4-11-24-22)23(29)27-14-10-18-15-19(8-9-21(18)27)32(30,31)26-12-5-2-6-13-26/h3-4,7-9,11,15-16H,2,5-6,10,12-14H2,1H3. The van der Waals surface area contributed by atoms with Gasteiger partial charge in [-0.3, -0.25) is 4.79 Å². The van der Waals surface area contributed by atoms with Crippen LogP contribution in [0.1, 0.15) is 40.9 Å². The van der Waals surface area contributed by atoms with Gasteiger partial charge in [-0.25, -0.2) is 18.1 Å². The number of nitrogens with zero attached hydrogens (tertiary/aromatic N) is 5. The SMILES string of the molecule is Cc1c(C(=O)N2CCc3cc(S(=O)(=O)N4CCCCC4)ccc32)cnn1-c1ccccn1. The van der Waals surface area contributed by atoms with Crippen LogP contribution in [0.25, 0.3) is 5.82 Å². The number of sulfonamides is 1. The van der Waals surface area contributed by atoms with Gasteiger partial charge in [-0.1, -0.05) is 12.5 Å². The normalized spacial score (nSPS) is 16.8. The van der Waals surface area contributed by atoms with Crippen molar-refractivity contribution in [1.29, 1.82) is 0 Å². The molecule has 2 aliphatic rings. The Morgan fingerprint density at radius 1 is 1.03 bits per heavy atom. The number of piperidine rings is 1. The fraction of sp³-hybridized carbons (Fsp3) is 0.348. The van der Waals surface area contributed by atoms with E-state index in [4.69, 9.17) is 0 Å². The first-order valence-electron chi connectivity index (χ1n) is 10.9. The molecule has 0 aliphatic carbocycles. The van der Waals surface area contributed by atoms with Crippen molar-refractivity contribution in [3.8, 4) is 5.82 Å². The fourth-order valence-electron chi connectivity index (χ4n) is 4.48. The Balaban J connectivity index is 1.42. The number of carbonyl (C=O) groups excluding carboxylic acids is 1. The Kier molecular flexibility index (Phi) is 5.30. The summed E-state index contributed by atoms with van der Waals surface area (Å²) in [7, 11) is -3.50. The molecule has 9 heteroatoms. The fourth-order valence-corrected chi connectivity index (χ4v) is 6.05. The zero-order valence-electron chi connectivity index (χ0n) is 17.9. The smallest absolute Gasteiger partial charge is 0.261 e. The second kappa shape index (κ2) is 8.14. The van der Waals surface area contributed by atoms with Crippen LogP contribution in [0, 0.1) is 6.92 Å². The van der Waals surface area contributed by atoms with Crippen molar-refractivity contribution in [2.45, 2.75) is 37.5 Å². The Morgan fingerprint density at radius 2 is 1.84 bits per heavy atom. The first kappa shape index (κ1) is 20.8. The second-order valence-corrected chi connectivity index (χ2v) is 10.1. The third kappa shape index (κ3) is 3.51. The van der Waals surface area contributed by atoms with Crippen LogP contribution < -0.4 is 4.90 Å². The molecule has 0 spiro atoms. The summed E-state index contributed by atoms with van der Waals surface area (Å²) in [4.78, 5) is 19.7. The summed E-state index contributed by atoms with van der Waals surface area (Å²) in [5, 5.41) is 4.35. The molecule has 32 heavy (non-hydrogen) atoms. The van der Waals surface area contributed by atoms with Gasteiger partial charge in [0.2, 0.25) is 10.0 Å². The minimum Gasteiger partial charge on any atom is -0.308 e. The highest BCUT2D eigenvalue weighted by Gasteiger charge is 2.31. The molecule has 5 rings (SSSR count). The van der Waals surface area contributed by atoms with Crippen molar-refractivity contribution in [2.24, 2.45) is 0 Å². The molecule has 0 N–H and O–H groups in total. The highest BCUT2D eigenvalue weighted by Crippen LogP contribution is 2.33. The number of aromatic nitrogens is 3. The number of hydrogen-bond acceptors (Lipinski definition) is 5. The first-order valence-corrected chi connectivity index (χ1v) is 12.3. The minimum absolute atomic E-state index is 0.143. The largest absolute Gasteiger partial charge is 0.308 e. The third-order valence-corrected chi connectivity index (χ3v) is 8.15. The number of fused-ring (bicyclic) bond motifs is 1. The molecular formula is C23H25N5O3S. The van der Waals surface area contributed by atoms with Crippen LogP contribution in [0.3, 0.4) is 0 Å². The molecule has 2 aliphatic heterocycles. The van der Waals surface area contributed by atoms with E-state index in [9.17, 15) is 13.2 Å². The van der Waals surface area contributed by atoms with Crippen LogP contribution in [-0.2, 0) is 16.4 Å². The van der Waals surface area contributed by atoms with E-state index in [0.717, 1.165) is 30.5 Å². The molecule has 2 aromatic heterocycles. The van der Waals surface area contributed by atoms with Gasteiger partial charge in [-0.15, -0.1) is 0 Å². The molecule has 0 atom stereocenters. The van der Waals surface area contributed by atoms with E-state index >= 15 is 0 Å². The number of pyridine rings is 1. The molecule has 1 saturated heterocycles. The van der Waals surface area contributed by atoms with Gasteiger partial charge in [0, 0.05) is 31.5 Å². The maximum absolute atomic E-state index is 13.3. The van der Waals surface area contributed by atoms with Crippen LogP contribution in [0.15, 0.2) is 53.7 Å². The zero-order valence-corrected chi connectivity index (χ0v) is 18.8. The average Bonchev–Trinajstić information content (AvgIpc) is 3.43. The van der Waals surface area contributed by atoms with Crippen molar-refractivity contribution >= 4 is 21.6 Å². The van der Waals surface area contributed by atoms with E-state index in [1.807, 2.05) is 25.1 Å². The number of anilines is 1. The number of rotatable bonds is 4. The third-order valence-electron chi connectivity index (χ3n) is 6.25. The highest BCUT2D eigenvalue weighted by atomic mass is 32.2. The van der Waals surface area contributed by atoms with Crippen molar-refractivity contribution < 1.29 is 13.2 Å². The monoisotopic (exact) mass is 451 g/mol. The first-order chi connectivity index (χ1) is 15.5. The minimum atomic E-state index is -3.50. The van der Waals surface area contributed by atoms with Gasteiger partial charge in [-0.05, 0) is 62.1 Å². The maximum Gasteiger partial charge on any atom is 0.261 e. The van der Waals surface area contributed by atoms with Crippen LogP contribution >= 0.6 is 0 Å². The summed E-state index contributed by atoms with van der Waals surface area (Å²) < 4.78 is 29.3. The lowest BCUT2D eigenvalue weighted by atomic mass is 10.1. The van der Waals surface area contributed by atoms with Gasteiger partial charge in [0.15, 0.2) is 5.82 Å². The average molecular weight is 452 g/mol. The van der Waals surface area contributed by atoms with Gasteiger partial charge in [-0.2, -0.15) is 9.40 Å². The van der Waals surface area contributed by atoms with Crippen LogP contribution in [0.5, 0.6) is 0 Å². The molecular weight excluding hydrogens is 426 g/mol. The van der Waals surface area contributed by atoms with Crippen LogP contribution in [0.2, 0.25) is 0 Å². The van der Waals surface area contributed by atoms with Gasteiger partial charge in [0.05, 0.1) is 22.3 Å². The lowest BCUT2D eigenvalue weighted by Gasteiger charge is -2.26. The van der Waals surface area contributed by atoms with Crippen molar-refractivity contribution in [3.05, 3.63) is 65.6 Å². The van der Waals surface area contributed by atoms with Crippen LogP contribution in [0.4, 0.5) is 5.69 Å². The van der Waals surface area contributed by atoms with E-state index in [2.05, 4.69) is 10.1 Å². The van der Waals surface area contributed by atoms with Crippen molar-refractivity contribution in [2.75, 3.05) is 24.5 Å². The topological polar surface area (TPSA) is 88.4 Å². The Morgan fingerprint density at radius 3 is 2.59 bits per heavy atom. The van der Waals surface area contributed by atoms with Gasteiger partial charge >= 0.3 is 0 Å². The summed E-state index contributed by atoms with van der Waals surface area (Å²) in [5.41, 5.74) is 2.86. The van der Waals surface area contributed by atoms with E-state index in [1.54, 1.807) is 44.5 Å². The Hall–Kier alpha value is -3.04. The lowest BCUT2D eigenvalue weighted by Crippen LogP contribution is -2.35. The second-order valence-electron chi connectivity index (χ2n) is 8.21. The summed E-state index contributed by atoms with van der Waals surface area (Å²) >= 11 is 0. The quantitative estimate of drug-likeness (QED) is 0.609. The van der Waals surface area contributed by atoms with E-state index in [-0.39, 0.29) is 5.91 Å². The van der Waals surface area contributed by atoms with Gasteiger partial charge in [0.1, 0.15) is 0 Å². The maximum atomic E-state index is 13.3. The molecule has 4 heterocycles. The van der Waals surface area contributed by atoms with Crippen LogP contribution in [-0.4, -0.2) is 53.0 Å². The summed E-state index contributed by atoms with van der Waals surface area (Å²) in [5.74, 6) is 0.508. The van der Waals surface area contributed by atoms with Crippen molar-refractivity contribution in [1.82, 2.24) is 19.1 Å². The van der Waals surface area contributed by atoms with Gasteiger partial charge < -0.3 is 4.90 Å². The summed E-state index contributed by atoms with van der Waals surface area (Å²) in [6, 6.07) is 10.7. The van der Waals surface area contributed by atoms with E-state index < -0.39 is 10.0 Å². The highest BCUT2D eigenvalue weighted by molar-refractivity contribution is 7.89. The molecule has 1 fully saturated rings. The molecule has 166 valence electrons. The number of benzene rings is 1. The van der Waals surface area contributed by atoms with Crippen molar-refractivity contribution in [3.63, 3.8) is 0 Å². The predicted octanol–water partition coefficient (Wildman–Crippen LogP) is 2.95. The number of amides is 1. The molecule has 8 nitrogen and oxygen atoms in total. The van der Waals surface area contributed by atoms with Gasteiger partial charge in [0.25, 0.3) is 5.91 Å². The lowest BCUT2D eigenvalue weighted by molar-refractivity contribution is 0.0988. The van der Waals surface area contributed by atoms with E-state index in [1.165, 1.54) is 0 Å². The molecule has 0 radical (unpaired) electrons. The zero-order chi connectivity index (χ0) is 22.3. The molecule has 0 saturated carbocycles. The number of hydrogen-bond donors (Lipinski definition) is 0. The Bertz CT molecular complexity index is 1260.